The Morgan fingerprint density at radius 3 is 2.02 bits per heavy atom. The van der Waals surface area contributed by atoms with Gasteiger partial charge >= 0.3 is 0 Å². The highest BCUT2D eigenvalue weighted by atomic mass is 15.1. The monoisotopic (exact) mass is 627 g/mol. The van der Waals surface area contributed by atoms with Crippen molar-refractivity contribution < 1.29 is 0 Å². The van der Waals surface area contributed by atoms with Crippen LogP contribution in [0.3, 0.4) is 0 Å². The largest absolute Gasteiger partial charge is 0.310 e. The Hall–Kier alpha value is -5.84. The summed E-state index contributed by atoms with van der Waals surface area (Å²) in [6.45, 7) is 4.71. The third kappa shape index (κ3) is 4.48. The van der Waals surface area contributed by atoms with Crippen LogP contribution in [0.5, 0.6) is 0 Å². The zero-order valence-corrected chi connectivity index (χ0v) is 27.9. The topological polar surface area (TPSA) is 3.24 Å². The number of hydrogen-bond acceptors (Lipinski definition) is 1. The summed E-state index contributed by atoms with van der Waals surface area (Å²) in [5.74, 6) is 7.87. The number of hydrogen-bond donors (Lipinski definition) is 0. The first-order valence-corrected chi connectivity index (χ1v) is 17.3. The molecule has 0 spiro atoms. The molecular weight excluding hydrogens is 591 g/mol. The maximum absolute atomic E-state index is 3.94. The van der Waals surface area contributed by atoms with Gasteiger partial charge in [-0.05, 0) is 81.3 Å². The van der Waals surface area contributed by atoms with Gasteiger partial charge in [-0.2, -0.15) is 0 Å². The standard InChI is InChI=1S/C48H37N/c1-47(2)41-25-14-12-23-38(41)39-30-29-37(33-44(39)47)49(36-21-10-5-11-22-36)45-28-16-27-43-46(45)40-24-13-15-26-42(40)48(43,35-19-8-4-9-20-35)32-31-34-17-6-3-7-18-34/h3-17,19-30,33-34H,18H2,1-2H3. The summed E-state index contributed by atoms with van der Waals surface area (Å²) in [5.41, 5.74) is 14.3. The van der Waals surface area contributed by atoms with Crippen LogP contribution in [0, 0.1) is 17.8 Å². The zero-order chi connectivity index (χ0) is 33.0. The molecule has 6 aromatic rings. The highest BCUT2D eigenvalue weighted by Gasteiger charge is 2.45. The lowest BCUT2D eigenvalue weighted by atomic mass is 9.72. The van der Waals surface area contributed by atoms with Crippen LogP contribution in [0.15, 0.2) is 170 Å². The molecule has 0 aliphatic heterocycles. The highest BCUT2D eigenvalue weighted by molar-refractivity contribution is 5.97. The van der Waals surface area contributed by atoms with Gasteiger partial charge in [0.25, 0.3) is 0 Å². The maximum atomic E-state index is 3.94. The van der Waals surface area contributed by atoms with Gasteiger partial charge < -0.3 is 4.90 Å². The lowest BCUT2D eigenvalue weighted by molar-refractivity contribution is 0.660. The minimum Gasteiger partial charge on any atom is -0.310 e. The number of rotatable bonds is 4. The molecule has 234 valence electrons. The SMILES string of the molecule is CC1(C)c2ccccc2-c2ccc(N(c3ccccc3)c3cccc4c3-c3ccccc3C4(C#CC3C=CC=CC3)c3ccccc3)cc21. The van der Waals surface area contributed by atoms with Gasteiger partial charge in [0, 0.05) is 28.3 Å². The second-order valence-corrected chi connectivity index (χ2v) is 13.9. The minimum atomic E-state index is -0.609. The van der Waals surface area contributed by atoms with Crippen molar-refractivity contribution >= 4 is 17.1 Å². The Morgan fingerprint density at radius 2 is 1.24 bits per heavy atom. The van der Waals surface area contributed by atoms with E-state index in [0.717, 1.165) is 23.5 Å². The average Bonchev–Trinajstić information content (AvgIpc) is 3.58. The summed E-state index contributed by atoms with van der Waals surface area (Å²) in [5, 5.41) is 0. The summed E-state index contributed by atoms with van der Waals surface area (Å²) in [7, 11) is 0. The van der Waals surface area contributed by atoms with Crippen LogP contribution in [-0.2, 0) is 10.8 Å². The number of benzene rings is 6. The van der Waals surface area contributed by atoms with E-state index in [1.165, 1.54) is 50.1 Å². The van der Waals surface area contributed by atoms with E-state index in [4.69, 9.17) is 0 Å². The van der Waals surface area contributed by atoms with E-state index in [0.29, 0.717) is 0 Å². The Balaban J connectivity index is 1.30. The van der Waals surface area contributed by atoms with E-state index in [9.17, 15) is 0 Å². The summed E-state index contributed by atoms with van der Waals surface area (Å²) < 4.78 is 0. The molecule has 0 N–H and O–H groups in total. The van der Waals surface area contributed by atoms with Crippen molar-refractivity contribution in [2.24, 2.45) is 5.92 Å². The first-order chi connectivity index (χ1) is 24.1. The predicted molar refractivity (Wildman–Crippen MR) is 205 cm³/mol. The number of para-hydroxylation sites is 1. The number of fused-ring (bicyclic) bond motifs is 6. The molecule has 3 aliphatic carbocycles. The zero-order valence-electron chi connectivity index (χ0n) is 27.9. The van der Waals surface area contributed by atoms with E-state index in [-0.39, 0.29) is 11.3 Å². The molecule has 6 aromatic carbocycles. The van der Waals surface area contributed by atoms with Gasteiger partial charge in [0.05, 0.1) is 5.69 Å². The van der Waals surface area contributed by atoms with Crippen molar-refractivity contribution in [1.82, 2.24) is 0 Å². The van der Waals surface area contributed by atoms with Gasteiger partial charge in [-0.3, -0.25) is 0 Å². The molecule has 0 bridgehead atoms. The first kappa shape index (κ1) is 29.3. The third-order valence-corrected chi connectivity index (χ3v) is 10.8. The van der Waals surface area contributed by atoms with Gasteiger partial charge in [0.15, 0.2) is 0 Å². The maximum Gasteiger partial charge on any atom is 0.107 e. The molecule has 0 radical (unpaired) electrons. The van der Waals surface area contributed by atoms with Crippen LogP contribution in [0.25, 0.3) is 22.3 Å². The van der Waals surface area contributed by atoms with Crippen LogP contribution < -0.4 is 4.90 Å². The summed E-state index contributed by atoms with van der Waals surface area (Å²) in [6, 6.07) is 53.4. The number of nitrogens with zero attached hydrogens (tertiary/aromatic N) is 1. The van der Waals surface area contributed by atoms with E-state index in [1.54, 1.807) is 0 Å². The van der Waals surface area contributed by atoms with Crippen LogP contribution in [0.1, 0.15) is 48.1 Å². The lowest BCUT2D eigenvalue weighted by Crippen LogP contribution is -2.25. The molecule has 1 heteroatoms. The van der Waals surface area contributed by atoms with Crippen LogP contribution in [0.2, 0.25) is 0 Å². The van der Waals surface area contributed by atoms with E-state index in [1.807, 2.05) is 0 Å². The molecule has 2 unspecified atom stereocenters. The van der Waals surface area contributed by atoms with Crippen LogP contribution in [-0.4, -0.2) is 0 Å². The summed E-state index contributed by atoms with van der Waals surface area (Å²) in [4.78, 5) is 2.46. The fourth-order valence-corrected chi connectivity index (χ4v) is 8.43. The molecule has 3 aliphatic rings. The smallest absolute Gasteiger partial charge is 0.107 e. The first-order valence-electron chi connectivity index (χ1n) is 17.3. The average molecular weight is 628 g/mol. The van der Waals surface area contributed by atoms with Crippen LogP contribution >= 0.6 is 0 Å². The normalized spacial score (nSPS) is 18.9. The Morgan fingerprint density at radius 1 is 0.571 bits per heavy atom. The third-order valence-electron chi connectivity index (χ3n) is 10.8. The van der Waals surface area contributed by atoms with E-state index >= 15 is 0 Å². The molecule has 0 amide bonds. The molecule has 1 nitrogen and oxygen atoms in total. The Labute approximate surface area is 289 Å². The number of allylic oxidation sites excluding steroid dienone is 4. The molecule has 0 saturated carbocycles. The van der Waals surface area contributed by atoms with Crippen LogP contribution in [0.4, 0.5) is 17.1 Å². The summed E-state index contributed by atoms with van der Waals surface area (Å²) in [6.07, 6.45) is 9.63. The second-order valence-electron chi connectivity index (χ2n) is 13.9. The van der Waals surface area contributed by atoms with Gasteiger partial charge in [-0.15, -0.1) is 0 Å². The fourth-order valence-electron chi connectivity index (χ4n) is 8.43. The lowest BCUT2D eigenvalue weighted by Gasteiger charge is -2.31. The summed E-state index contributed by atoms with van der Waals surface area (Å²) >= 11 is 0. The number of anilines is 3. The molecule has 2 atom stereocenters. The van der Waals surface area contributed by atoms with E-state index < -0.39 is 5.41 Å². The minimum absolute atomic E-state index is 0.101. The molecule has 0 aromatic heterocycles. The van der Waals surface area contributed by atoms with Crippen molar-refractivity contribution in [3.63, 3.8) is 0 Å². The van der Waals surface area contributed by atoms with E-state index in [2.05, 4.69) is 200 Å². The fraction of sp³-hybridized carbons (Fsp3) is 0.125. The molecule has 0 heterocycles. The van der Waals surface area contributed by atoms with Crippen molar-refractivity contribution in [3.05, 3.63) is 198 Å². The molecule has 0 fully saturated rings. The molecular formula is C48H37N. The Kier molecular flexibility index (Phi) is 6.82. The molecule has 49 heavy (non-hydrogen) atoms. The van der Waals surface area contributed by atoms with Crippen molar-refractivity contribution in [1.29, 1.82) is 0 Å². The van der Waals surface area contributed by atoms with Crippen molar-refractivity contribution in [3.8, 4) is 34.1 Å². The second kappa shape index (κ2) is 11.4. The predicted octanol–water partition coefficient (Wildman–Crippen LogP) is 11.9. The quantitative estimate of drug-likeness (QED) is 0.176. The van der Waals surface area contributed by atoms with Crippen molar-refractivity contribution in [2.75, 3.05) is 4.90 Å². The Bertz CT molecular complexity index is 2350. The van der Waals surface area contributed by atoms with Gasteiger partial charge in [-0.25, -0.2) is 0 Å². The van der Waals surface area contributed by atoms with Gasteiger partial charge in [0.2, 0.25) is 0 Å². The van der Waals surface area contributed by atoms with Gasteiger partial charge in [-0.1, -0.05) is 165 Å². The molecule has 0 saturated heterocycles. The molecule has 9 rings (SSSR count). The van der Waals surface area contributed by atoms with Gasteiger partial charge in [0.1, 0.15) is 5.41 Å². The highest BCUT2D eigenvalue weighted by Crippen LogP contribution is 2.57. The van der Waals surface area contributed by atoms with Crippen molar-refractivity contribution in [2.45, 2.75) is 31.1 Å².